The van der Waals surface area contributed by atoms with Crippen LogP contribution in [-0.4, -0.2) is 31.9 Å². The van der Waals surface area contributed by atoms with Gasteiger partial charge in [0, 0.05) is 19.7 Å². The van der Waals surface area contributed by atoms with Crippen molar-refractivity contribution >= 4 is 17.0 Å². The monoisotopic (exact) mass is 363 g/mol. The van der Waals surface area contributed by atoms with Crippen LogP contribution in [0.4, 0.5) is 5.95 Å². The van der Waals surface area contributed by atoms with Gasteiger partial charge in [-0.1, -0.05) is 12.1 Å². The molecule has 1 saturated heterocycles. The van der Waals surface area contributed by atoms with Crippen LogP contribution in [0.5, 0.6) is 0 Å². The van der Waals surface area contributed by atoms with Crippen molar-refractivity contribution in [3.8, 4) is 0 Å². The van der Waals surface area contributed by atoms with Crippen LogP contribution in [0.25, 0.3) is 11.0 Å². The Morgan fingerprint density at radius 2 is 2.00 bits per heavy atom. The first-order valence-corrected chi connectivity index (χ1v) is 9.99. The lowest BCUT2D eigenvalue weighted by atomic mass is 9.97. The van der Waals surface area contributed by atoms with E-state index in [2.05, 4.69) is 28.6 Å². The zero-order chi connectivity index (χ0) is 18.4. The Morgan fingerprint density at radius 1 is 1.15 bits per heavy atom. The number of rotatable bonds is 3. The molecule has 3 heterocycles. The zero-order valence-electron chi connectivity index (χ0n) is 15.8. The fraction of sp³-hybridized carbons (Fsp3) is 0.476. The number of benzene rings is 1. The second-order valence-electron chi connectivity index (χ2n) is 7.79. The van der Waals surface area contributed by atoms with Gasteiger partial charge in [-0.15, -0.1) is 0 Å². The van der Waals surface area contributed by atoms with Crippen LogP contribution in [0.15, 0.2) is 35.1 Å². The van der Waals surface area contributed by atoms with E-state index in [9.17, 15) is 4.79 Å². The van der Waals surface area contributed by atoms with E-state index in [1.165, 1.54) is 12.8 Å². The molecule has 27 heavy (non-hydrogen) atoms. The summed E-state index contributed by atoms with van der Waals surface area (Å²) in [5, 5.41) is 4.72. The van der Waals surface area contributed by atoms with E-state index in [1.807, 2.05) is 18.2 Å². The average molecular weight is 363 g/mol. The van der Waals surface area contributed by atoms with Crippen LogP contribution in [0.3, 0.4) is 0 Å². The zero-order valence-corrected chi connectivity index (χ0v) is 15.8. The first-order chi connectivity index (χ1) is 13.2. The van der Waals surface area contributed by atoms with Crippen LogP contribution < -0.4 is 10.5 Å². The Bertz CT molecular complexity index is 1050. The minimum Gasteiger partial charge on any atom is -0.337 e. The van der Waals surface area contributed by atoms with E-state index in [4.69, 9.17) is 10.1 Å². The standard InChI is InChI=1S/C21H25N5O/c1-24-19-11-5-4-10-18(19)22-21(24)25-12-6-8-16(25)14-26-20(27)13-15-7-2-3-9-17(15)23-26/h4-5,10-11,13,16H,2-3,6-9,12,14H2,1H3. The van der Waals surface area contributed by atoms with Gasteiger partial charge in [-0.3, -0.25) is 4.79 Å². The van der Waals surface area contributed by atoms with Gasteiger partial charge >= 0.3 is 0 Å². The Kier molecular flexibility index (Phi) is 3.99. The molecule has 1 aliphatic carbocycles. The summed E-state index contributed by atoms with van der Waals surface area (Å²) in [6.07, 6.45) is 6.51. The van der Waals surface area contributed by atoms with Crippen molar-refractivity contribution in [2.75, 3.05) is 11.4 Å². The highest BCUT2D eigenvalue weighted by molar-refractivity contribution is 5.78. The number of imidazole rings is 1. The second kappa shape index (κ2) is 6.51. The molecule has 140 valence electrons. The molecular formula is C21H25N5O. The Morgan fingerprint density at radius 3 is 2.89 bits per heavy atom. The lowest BCUT2D eigenvalue weighted by Crippen LogP contribution is -2.39. The van der Waals surface area contributed by atoms with Gasteiger partial charge in [0.2, 0.25) is 5.95 Å². The maximum atomic E-state index is 12.6. The van der Waals surface area contributed by atoms with Crippen molar-refractivity contribution < 1.29 is 0 Å². The van der Waals surface area contributed by atoms with Crippen LogP contribution in [0.1, 0.15) is 36.9 Å². The number of hydrogen-bond acceptors (Lipinski definition) is 4. The van der Waals surface area contributed by atoms with Gasteiger partial charge in [-0.25, -0.2) is 9.67 Å². The lowest BCUT2D eigenvalue weighted by Gasteiger charge is -2.26. The highest BCUT2D eigenvalue weighted by Gasteiger charge is 2.29. The molecular weight excluding hydrogens is 338 g/mol. The third-order valence-corrected chi connectivity index (χ3v) is 6.06. The predicted octanol–water partition coefficient (Wildman–Crippen LogP) is 2.68. The van der Waals surface area contributed by atoms with Crippen molar-refractivity contribution in [2.24, 2.45) is 7.05 Å². The Hall–Kier alpha value is -2.63. The molecule has 0 N–H and O–H groups in total. The minimum atomic E-state index is 0.0347. The molecule has 6 heteroatoms. The lowest BCUT2D eigenvalue weighted by molar-refractivity contribution is 0.469. The van der Waals surface area contributed by atoms with Gasteiger partial charge in [-0.05, 0) is 56.2 Å². The molecule has 2 aromatic heterocycles. The fourth-order valence-electron chi connectivity index (χ4n) is 4.61. The highest BCUT2D eigenvalue weighted by atomic mass is 16.1. The molecule has 1 unspecified atom stereocenters. The molecule has 0 amide bonds. The predicted molar refractivity (Wildman–Crippen MR) is 106 cm³/mol. The summed E-state index contributed by atoms with van der Waals surface area (Å²) < 4.78 is 3.85. The molecule has 1 atom stereocenters. The average Bonchev–Trinajstić information content (AvgIpc) is 3.27. The van der Waals surface area contributed by atoms with Gasteiger partial charge in [0.05, 0.1) is 29.3 Å². The van der Waals surface area contributed by atoms with Gasteiger partial charge in [0.1, 0.15) is 0 Å². The molecule has 3 aromatic rings. The number of anilines is 1. The molecule has 0 radical (unpaired) electrons. The molecule has 0 spiro atoms. The quantitative estimate of drug-likeness (QED) is 0.718. The van der Waals surface area contributed by atoms with E-state index in [1.54, 1.807) is 4.68 Å². The van der Waals surface area contributed by atoms with Crippen LogP contribution in [0.2, 0.25) is 0 Å². The number of hydrogen-bond donors (Lipinski definition) is 0. The smallest absolute Gasteiger partial charge is 0.267 e. The highest BCUT2D eigenvalue weighted by Crippen LogP contribution is 2.28. The first-order valence-electron chi connectivity index (χ1n) is 9.99. The van der Waals surface area contributed by atoms with Crippen molar-refractivity contribution in [3.63, 3.8) is 0 Å². The summed E-state index contributed by atoms with van der Waals surface area (Å²) in [5.74, 6) is 0.990. The van der Waals surface area contributed by atoms with Crippen molar-refractivity contribution in [2.45, 2.75) is 51.1 Å². The topological polar surface area (TPSA) is 56.0 Å². The van der Waals surface area contributed by atoms with Gasteiger partial charge < -0.3 is 9.47 Å². The van der Waals surface area contributed by atoms with Crippen LogP contribution in [-0.2, 0) is 26.4 Å². The summed E-state index contributed by atoms with van der Waals surface area (Å²) in [5.41, 5.74) is 4.47. The molecule has 1 fully saturated rings. The summed E-state index contributed by atoms with van der Waals surface area (Å²) in [7, 11) is 2.07. The van der Waals surface area contributed by atoms with Gasteiger partial charge in [0.25, 0.3) is 5.56 Å². The SMILES string of the molecule is Cn1c(N2CCCC2Cn2nc3c(cc2=O)CCCC3)nc2ccccc21. The summed E-state index contributed by atoms with van der Waals surface area (Å²) in [6.45, 7) is 1.61. The molecule has 6 nitrogen and oxygen atoms in total. The molecule has 2 aliphatic rings. The Labute approximate surface area is 158 Å². The third-order valence-electron chi connectivity index (χ3n) is 6.06. The van der Waals surface area contributed by atoms with Gasteiger partial charge in [-0.2, -0.15) is 5.10 Å². The van der Waals surface area contributed by atoms with E-state index in [0.29, 0.717) is 6.54 Å². The second-order valence-corrected chi connectivity index (χ2v) is 7.79. The summed E-state index contributed by atoms with van der Waals surface area (Å²) in [6, 6.07) is 10.3. The first kappa shape index (κ1) is 16.5. The number of nitrogens with zero attached hydrogens (tertiary/aromatic N) is 5. The Balaban J connectivity index is 1.46. The maximum Gasteiger partial charge on any atom is 0.267 e. The largest absolute Gasteiger partial charge is 0.337 e. The maximum absolute atomic E-state index is 12.6. The normalized spacial score (nSPS) is 19.6. The number of fused-ring (bicyclic) bond motifs is 2. The third kappa shape index (κ3) is 2.83. The molecule has 1 aromatic carbocycles. The van der Waals surface area contributed by atoms with Crippen molar-refractivity contribution in [1.29, 1.82) is 0 Å². The number of para-hydroxylation sites is 2. The van der Waals surface area contributed by atoms with E-state index >= 15 is 0 Å². The van der Waals surface area contributed by atoms with E-state index in [0.717, 1.165) is 60.5 Å². The fourth-order valence-corrected chi connectivity index (χ4v) is 4.61. The van der Waals surface area contributed by atoms with Crippen molar-refractivity contribution in [3.05, 3.63) is 51.9 Å². The van der Waals surface area contributed by atoms with Crippen LogP contribution in [0, 0.1) is 0 Å². The van der Waals surface area contributed by atoms with Crippen molar-refractivity contribution in [1.82, 2.24) is 19.3 Å². The molecule has 1 aliphatic heterocycles. The van der Waals surface area contributed by atoms with E-state index < -0.39 is 0 Å². The number of aromatic nitrogens is 4. The number of aryl methyl sites for hydroxylation is 3. The van der Waals surface area contributed by atoms with Crippen LogP contribution >= 0.6 is 0 Å². The minimum absolute atomic E-state index is 0.0347. The van der Waals surface area contributed by atoms with E-state index in [-0.39, 0.29) is 11.6 Å². The molecule has 0 bridgehead atoms. The molecule has 0 saturated carbocycles. The summed E-state index contributed by atoms with van der Waals surface area (Å²) in [4.78, 5) is 19.8. The summed E-state index contributed by atoms with van der Waals surface area (Å²) >= 11 is 0. The molecule has 5 rings (SSSR count). The van der Waals surface area contributed by atoms with Gasteiger partial charge in [0.15, 0.2) is 0 Å².